The molecule has 0 aliphatic carbocycles. The molecule has 124 valence electrons. The van der Waals surface area contributed by atoms with Gasteiger partial charge in [0.2, 0.25) is 5.88 Å². The van der Waals surface area contributed by atoms with E-state index in [1.807, 2.05) is 20.8 Å². The van der Waals surface area contributed by atoms with E-state index < -0.39 is 5.60 Å². The van der Waals surface area contributed by atoms with E-state index in [1.165, 1.54) is 0 Å². The average Bonchev–Trinajstić information content (AvgIpc) is 2.46. The van der Waals surface area contributed by atoms with E-state index in [2.05, 4.69) is 24.1 Å². The smallest absolute Gasteiger partial charge is 0.256 e. The van der Waals surface area contributed by atoms with Crippen molar-refractivity contribution < 1.29 is 14.3 Å². The highest BCUT2D eigenvalue weighted by molar-refractivity contribution is 5.96. The molecule has 1 aromatic heterocycles. The predicted molar refractivity (Wildman–Crippen MR) is 88.1 cm³/mol. The van der Waals surface area contributed by atoms with Crippen LogP contribution in [0, 0.1) is 5.92 Å². The van der Waals surface area contributed by atoms with Crippen molar-refractivity contribution in [3.05, 3.63) is 18.3 Å². The number of nitrogens with zero attached hydrogens (tertiary/aromatic N) is 1. The van der Waals surface area contributed by atoms with E-state index in [0.717, 1.165) is 6.42 Å². The van der Waals surface area contributed by atoms with Gasteiger partial charge in [-0.1, -0.05) is 20.8 Å². The summed E-state index contributed by atoms with van der Waals surface area (Å²) in [4.78, 5) is 16.7. The van der Waals surface area contributed by atoms with Crippen LogP contribution < -0.4 is 10.1 Å². The molecule has 5 nitrogen and oxygen atoms in total. The molecule has 1 aromatic rings. The summed E-state index contributed by atoms with van der Waals surface area (Å²) in [5.41, 5.74) is -0.191. The number of anilines is 1. The van der Waals surface area contributed by atoms with E-state index in [4.69, 9.17) is 9.47 Å². The van der Waals surface area contributed by atoms with Gasteiger partial charge in [0.25, 0.3) is 5.91 Å². The van der Waals surface area contributed by atoms with Crippen molar-refractivity contribution in [1.29, 1.82) is 0 Å². The monoisotopic (exact) mass is 308 g/mol. The van der Waals surface area contributed by atoms with Crippen molar-refractivity contribution in [2.45, 2.75) is 53.1 Å². The summed E-state index contributed by atoms with van der Waals surface area (Å²) >= 11 is 0. The van der Waals surface area contributed by atoms with Gasteiger partial charge < -0.3 is 14.8 Å². The molecule has 1 heterocycles. The summed E-state index contributed by atoms with van der Waals surface area (Å²) < 4.78 is 11.1. The van der Waals surface area contributed by atoms with Crippen LogP contribution in [0.25, 0.3) is 0 Å². The zero-order chi connectivity index (χ0) is 16.6. The maximum Gasteiger partial charge on any atom is 0.256 e. The second-order valence-electron chi connectivity index (χ2n) is 5.95. The Hall–Kier alpha value is -1.62. The molecule has 0 unspecified atom stereocenters. The van der Waals surface area contributed by atoms with Crippen LogP contribution >= 0.6 is 0 Å². The molecule has 0 bridgehead atoms. The maximum absolute atomic E-state index is 12.5. The van der Waals surface area contributed by atoms with Gasteiger partial charge in [0.05, 0.1) is 18.5 Å². The number of hydrogen-bond acceptors (Lipinski definition) is 4. The zero-order valence-corrected chi connectivity index (χ0v) is 14.3. The summed E-state index contributed by atoms with van der Waals surface area (Å²) in [6, 6.07) is 3.55. The van der Waals surface area contributed by atoms with Crippen molar-refractivity contribution >= 4 is 11.6 Å². The quantitative estimate of drug-likeness (QED) is 0.756. The first kappa shape index (κ1) is 18.4. The van der Waals surface area contributed by atoms with Crippen molar-refractivity contribution in [3.8, 4) is 5.88 Å². The SMILES string of the molecule is CCCOc1ccc(NC(=O)[C@@](C)(CC(C)C)OCC)cn1. The molecular weight excluding hydrogens is 280 g/mol. The van der Waals surface area contributed by atoms with Crippen molar-refractivity contribution in [3.63, 3.8) is 0 Å². The van der Waals surface area contributed by atoms with Crippen LogP contribution in [0.4, 0.5) is 5.69 Å². The molecule has 1 atom stereocenters. The molecule has 1 N–H and O–H groups in total. The Morgan fingerprint density at radius 2 is 2.09 bits per heavy atom. The van der Waals surface area contributed by atoms with Gasteiger partial charge >= 0.3 is 0 Å². The van der Waals surface area contributed by atoms with Crippen LogP contribution in [0.1, 0.15) is 47.5 Å². The molecule has 1 amide bonds. The number of ether oxygens (including phenoxy) is 2. The van der Waals surface area contributed by atoms with Gasteiger partial charge in [-0.25, -0.2) is 4.98 Å². The summed E-state index contributed by atoms with van der Waals surface area (Å²) in [5.74, 6) is 0.784. The lowest BCUT2D eigenvalue weighted by molar-refractivity contribution is -0.140. The second-order valence-corrected chi connectivity index (χ2v) is 5.95. The molecule has 22 heavy (non-hydrogen) atoms. The molecule has 0 aliphatic heterocycles. The molecule has 5 heteroatoms. The number of carbonyl (C=O) groups is 1. The van der Waals surface area contributed by atoms with E-state index in [-0.39, 0.29) is 5.91 Å². The number of aromatic nitrogens is 1. The molecule has 0 aromatic carbocycles. The molecule has 0 saturated carbocycles. The molecule has 0 fully saturated rings. The normalized spacial score (nSPS) is 13.7. The van der Waals surface area contributed by atoms with E-state index >= 15 is 0 Å². The minimum atomic E-state index is -0.833. The first-order valence-corrected chi connectivity index (χ1v) is 7.95. The fourth-order valence-electron chi connectivity index (χ4n) is 2.32. The van der Waals surface area contributed by atoms with Gasteiger partial charge in [-0.2, -0.15) is 0 Å². The van der Waals surface area contributed by atoms with Crippen molar-refractivity contribution in [1.82, 2.24) is 4.98 Å². The Kier molecular flexibility index (Phi) is 7.32. The van der Waals surface area contributed by atoms with E-state index in [1.54, 1.807) is 18.3 Å². The molecule has 0 radical (unpaired) electrons. The number of nitrogens with one attached hydrogen (secondary N) is 1. The Balaban J connectivity index is 2.72. The fraction of sp³-hybridized carbons (Fsp3) is 0.647. The summed E-state index contributed by atoms with van der Waals surface area (Å²) in [5, 5.41) is 2.87. The lowest BCUT2D eigenvalue weighted by Crippen LogP contribution is -2.44. The van der Waals surface area contributed by atoms with Crippen LogP contribution in [-0.4, -0.2) is 29.7 Å². The lowest BCUT2D eigenvalue weighted by Gasteiger charge is -2.29. The first-order chi connectivity index (χ1) is 10.4. The van der Waals surface area contributed by atoms with Crippen LogP contribution in [0.3, 0.4) is 0 Å². The molecular formula is C17H28N2O3. The Bertz CT molecular complexity index is 459. The van der Waals surface area contributed by atoms with Crippen molar-refractivity contribution in [2.75, 3.05) is 18.5 Å². The van der Waals surface area contributed by atoms with E-state index in [0.29, 0.717) is 37.1 Å². The number of rotatable bonds is 9. The summed E-state index contributed by atoms with van der Waals surface area (Å²) in [7, 11) is 0. The van der Waals surface area contributed by atoms with Crippen LogP contribution in [0.2, 0.25) is 0 Å². The van der Waals surface area contributed by atoms with Gasteiger partial charge in [0.1, 0.15) is 5.60 Å². The lowest BCUT2D eigenvalue weighted by atomic mass is 9.93. The molecule has 1 rings (SSSR count). The first-order valence-electron chi connectivity index (χ1n) is 7.95. The zero-order valence-electron chi connectivity index (χ0n) is 14.3. The third-order valence-electron chi connectivity index (χ3n) is 3.19. The van der Waals surface area contributed by atoms with Gasteiger partial charge in [0.15, 0.2) is 0 Å². The fourth-order valence-corrected chi connectivity index (χ4v) is 2.32. The predicted octanol–water partition coefficient (Wildman–Crippen LogP) is 3.65. The van der Waals surface area contributed by atoms with Gasteiger partial charge in [-0.3, -0.25) is 4.79 Å². The highest BCUT2D eigenvalue weighted by Crippen LogP contribution is 2.23. The van der Waals surface area contributed by atoms with Crippen LogP contribution in [0.5, 0.6) is 5.88 Å². The molecule has 0 saturated heterocycles. The van der Waals surface area contributed by atoms with E-state index in [9.17, 15) is 4.79 Å². The van der Waals surface area contributed by atoms with Crippen molar-refractivity contribution in [2.24, 2.45) is 5.92 Å². The molecule has 0 spiro atoms. The second kappa shape index (κ2) is 8.73. The maximum atomic E-state index is 12.5. The largest absolute Gasteiger partial charge is 0.478 e. The highest BCUT2D eigenvalue weighted by atomic mass is 16.5. The number of amides is 1. The minimum Gasteiger partial charge on any atom is -0.478 e. The van der Waals surface area contributed by atoms with Crippen LogP contribution in [0.15, 0.2) is 18.3 Å². The summed E-state index contributed by atoms with van der Waals surface area (Å²) in [6.07, 6.45) is 3.20. The van der Waals surface area contributed by atoms with Gasteiger partial charge in [-0.15, -0.1) is 0 Å². The van der Waals surface area contributed by atoms with Gasteiger partial charge in [0, 0.05) is 12.7 Å². The Morgan fingerprint density at radius 1 is 1.36 bits per heavy atom. The minimum absolute atomic E-state index is 0.146. The van der Waals surface area contributed by atoms with Gasteiger partial charge in [-0.05, 0) is 38.7 Å². The number of pyridine rings is 1. The molecule has 0 aliphatic rings. The third-order valence-corrected chi connectivity index (χ3v) is 3.19. The average molecular weight is 308 g/mol. The van der Waals surface area contributed by atoms with Crippen LogP contribution in [-0.2, 0) is 9.53 Å². The standard InChI is InChI=1S/C17H28N2O3/c1-6-10-21-15-9-8-14(12-18-15)19-16(20)17(5,22-7-2)11-13(3)4/h8-9,12-13H,6-7,10-11H2,1-5H3,(H,19,20)/t17-/m1/s1. The Morgan fingerprint density at radius 3 is 2.59 bits per heavy atom. The Labute approximate surface area is 133 Å². The third kappa shape index (κ3) is 5.64. The number of hydrogen-bond donors (Lipinski definition) is 1. The highest BCUT2D eigenvalue weighted by Gasteiger charge is 2.34. The topological polar surface area (TPSA) is 60.5 Å². The number of carbonyl (C=O) groups excluding carboxylic acids is 1. The summed E-state index contributed by atoms with van der Waals surface area (Å²) in [6.45, 7) is 11.1.